The summed E-state index contributed by atoms with van der Waals surface area (Å²) in [6, 6.07) is 13.3. The monoisotopic (exact) mass is 363 g/mol. The lowest BCUT2D eigenvalue weighted by atomic mass is 10.1. The van der Waals surface area contributed by atoms with E-state index in [0.29, 0.717) is 19.5 Å². The highest BCUT2D eigenvalue weighted by atomic mass is 16.3. The molecule has 1 aliphatic heterocycles. The molecule has 27 heavy (non-hydrogen) atoms. The molecule has 3 N–H and O–H groups in total. The molecule has 1 aromatic carbocycles. The van der Waals surface area contributed by atoms with Crippen LogP contribution in [0.3, 0.4) is 0 Å². The van der Waals surface area contributed by atoms with Crippen LogP contribution in [-0.4, -0.2) is 44.5 Å². The van der Waals surface area contributed by atoms with Crippen molar-refractivity contribution in [1.29, 1.82) is 0 Å². The number of aliphatic hydroxyl groups is 1. The number of carbonyl (C=O) groups is 1. The topological polar surface area (TPSA) is 92.1 Å². The Kier molecular flexibility index (Phi) is 4.95. The summed E-state index contributed by atoms with van der Waals surface area (Å²) in [6.45, 7) is 0.809. The summed E-state index contributed by atoms with van der Waals surface area (Å²) >= 11 is 0. The number of hydrogen-bond donors (Lipinski definition) is 3. The smallest absolute Gasteiger partial charge is 0.237 e. The molecule has 4 rings (SSSR count). The number of rotatable bonds is 5. The van der Waals surface area contributed by atoms with Gasteiger partial charge in [-0.2, -0.15) is 5.10 Å². The minimum absolute atomic E-state index is 0.111. The second kappa shape index (κ2) is 7.69. The van der Waals surface area contributed by atoms with Crippen molar-refractivity contribution in [3.8, 4) is 16.9 Å². The molecule has 0 spiro atoms. The van der Waals surface area contributed by atoms with Gasteiger partial charge in [-0.3, -0.25) is 9.78 Å². The molecule has 0 bridgehead atoms. The summed E-state index contributed by atoms with van der Waals surface area (Å²) in [5.41, 5.74) is 3.61. The first-order valence-corrected chi connectivity index (χ1v) is 8.94. The molecule has 0 aliphatic carbocycles. The van der Waals surface area contributed by atoms with Gasteiger partial charge < -0.3 is 15.7 Å². The van der Waals surface area contributed by atoms with Gasteiger partial charge in [0.25, 0.3) is 0 Å². The number of pyridine rings is 1. The number of aromatic nitrogens is 3. The number of aliphatic hydroxyl groups excluding tert-OH is 1. The first-order valence-electron chi connectivity index (χ1n) is 8.94. The summed E-state index contributed by atoms with van der Waals surface area (Å²) in [4.78, 5) is 16.4. The van der Waals surface area contributed by atoms with E-state index in [2.05, 4.69) is 15.6 Å². The largest absolute Gasteiger partial charge is 0.392 e. The first kappa shape index (κ1) is 17.4. The van der Waals surface area contributed by atoms with Crippen LogP contribution in [0.1, 0.15) is 12.0 Å². The Labute approximate surface area is 157 Å². The lowest BCUT2D eigenvalue weighted by molar-refractivity contribution is -0.123. The van der Waals surface area contributed by atoms with Crippen molar-refractivity contribution in [3.63, 3.8) is 0 Å². The molecule has 0 radical (unpaired) electrons. The molecule has 0 unspecified atom stereocenters. The Bertz CT molecular complexity index is 911. The summed E-state index contributed by atoms with van der Waals surface area (Å²) < 4.78 is 1.81. The van der Waals surface area contributed by atoms with Crippen LogP contribution in [0, 0.1) is 0 Å². The van der Waals surface area contributed by atoms with Gasteiger partial charge in [0.05, 0.1) is 23.5 Å². The fraction of sp³-hybridized carbons (Fsp3) is 0.250. The fourth-order valence-electron chi connectivity index (χ4n) is 3.23. The number of para-hydroxylation sites is 1. The number of nitrogens with one attached hydrogen (secondary N) is 2. The van der Waals surface area contributed by atoms with E-state index >= 15 is 0 Å². The molecule has 3 aromatic rings. The fourth-order valence-corrected chi connectivity index (χ4v) is 3.23. The maximum Gasteiger partial charge on any atom is 0.237 e. The molecule has 138 valence electrons. The average Bonchev–Trinajstić information content (AvgIpc) is 3.34. The number of nitrogens with zero attached hydrogens (tertiary/aromatic N) is 3. The van der Waals surface area contributed by atoms with Crippen molar-refractivity contribution in [2.45, 2.75) is 25.1 Å². The first-order chi connectivity index (χ1) is 13.2. The molecule has 1 amide bonds. The van der Waals surface area contributed by atoms with E-state index in [1.807, 2.05) is 53.3 Å². The second-order valence-electron chi connectivity index (χ2n) is 6.59. The van der Waals surface area contributed by atoms with Crippen LogP contribution in [0.5, 0.6) is 0 Å². The minimum Gasteiger partial charge on any atom is -0.392 e. The Balaban J connectivity index is 1.58. The van der Waals surface area contributed by atoms with E-state index in [4.69, 9.17) is 5.10 Å². The van der Waals surface area contributed by atoms with Crippen LogP contribution >= 0.6 is 0 Å². The third-order valence-electron chi connectivity index (χ3n) is 4.64. The van der Waals surface area contributed by atoms with Crippen molar-refractivity contribution in [2.75, 3.05) is 6.54 Å². The molecule has 1 fully saturated rings. The van der Waals surface area contributed by atoms with E-state index < -0.39 is 6.10 Å². The molecule has 7 heteroatoms. The summed E-state index contributed by atoms with van der Waals surface area (Å²) in [5.74, 6) is -0.111. The minimum atomic E-state index is -0.464. The van der Waals surface area contributed by atoms with Gasteiger partial charge in [-0.25, -0.2) is 4.68 Å². The van der Waals surface area contributed by atoms with Crippen LogP contribution in [-0.2, 0) is 11.3 Å². The maximum atomic E-state index is 12.4. The zero-order chi connectivity index (χ0) is 18.6. The number of amides is 1. The van der Waals surface area contributed by atoms with Gasteiger partial charge in [-0.15, -0.1) is 0 Å². The normalized spacial score (nSPS) is 19.1. The zero-order valence-corrected chi connectivity index (χ0v) is 14.7. The number of benzene rings is 1. The Morgan fingerprint density at radius 1 is 1.22 bits per heavy atom. The predicted molar refractivity (Wildman–Crippen MR) is 101 cm³/mol. The van der Waals surface area contributed by atoms with Gasteiger partial charge in [0, 0.05) is 42.8 Å². The lowest BCUT2D eigenvalue weighted by Crippen LogP contribution is -2.40. The third kappa shape index (κ3) is 3.89. The molecule has 1 aliphatic rings. The molecular weight excluding hydrogens is 342 g/mol. The Morgan fingerprint density at radius 3 is 2.70 bits per heavy atom. The van der Waals surface area contributed by atoms with Crippen molar-refractivity contribution < 1.29 is 9.90 Å². The molecule has 2 aromatic heterocycles. The van der Waals surface area contributed by atoms with Crippen LogP contribution in [0.25, 0.3) is 16.9 Å². The summed E-state index contributed by atoms with van der Waals surface area (Å²) in [6.07, 6.45) is 5.36. The van der Waals surface area contributed by atoms with Crippen LogP contribution in [0.4, 0.5) is 0 Å². The van der Waals surface area contributed by atoms with Crippen molar-refractivity contribution in [1.82, 2.24) is 25.4 Å². The van der Waals surface area contributed by atoms with E-state index in [9.17, 15) is 9.90 Å². The van der Waals surface area contributed by atoms with Crippen molar-refractivity contribution in [3.05, 3.63) is 66.6 Å². The van der Waals surface area contributed by atoms with E-state index in [1.54, 1.807) is 12.4 Å². The highest BCUT2D eigenvalue weighted by Crippen LogP contribution is 2.23. The Morgan fingerprint density at radius 2 is 2.00 bits per heavy atom. The average molecular weight is 363 g/mol. The zero-order valence-electron chi connectivity index (χ0n) is 14.7. The number of hydrogen-bond acceptors (Lipinski definition) is 5. The van der Waals surface area contributed by atoms with Crippen molar-refractivity contribution >= 4 is 5.91 Å². The summed E-state index contributed by atoms with van der Waals surface area (Å²) in [5, 5.41) is 20.3. The van der Waals surface area contributed by atoms with Gasteiger partial charge in [0.2, 0.25) is 5.91 Å². The predicted octanol–water partition coefficient (Wildman–Crippen LogP) is 1.27. The van der Waals surface area contributed by atoms with Gasteiger partial charge in [-0.1, -0.05) is 18.2 Å². The van der Waals surface area contributed by atoms with Gasteiger partial charge in [0.15, 0.2) is 0 Å². The number of carbonyl (C=O) groups excluding carboxylic acids is 1. The summed E-state index contributed by atoms with van der Waals surface area (Å²) in [7, 11) is 0. The number of β-amino-alcohol motifs (C(OH)–C–C–N with tert-alkyl or cyclic N) is 1. The molecule has 0 saturated carbocycles. The molecule has 3 heterocycles. The van der Waals surface area contributed by atoms with Crippen LogP contribution in [0.15, 0.2) is 61.1 Å². The Hall–Kier alpha value is -3.03. The van der Waals surface area contributed by atoms with Crippen LogP contribution < -0.4 is 10.6 Å². The van der Waals surface area contributed by atoms with E-state index in [0.717, 1.165) is 22.5 Å². The second-order valence-corrected chi connectivity index (χ2v) is 6.59. The molecule has 7 nitrogen and oxygen atoms in total. The maximum absolute atomic E-state index is 12.4. The van der Waals surface area contributed by atoms with E-state index in [-0.39, 0.29) is 11.9 Å². The van der Waals surface area contributed by atoms with Gasteiger partial charge >= 0.3 is 0 Å². The third-order valence-corrected chi connectivity index (χ3v) is 4.64. The highest BCUT2D eigenvalue weighted by Gasteiger charge is 2.28. The molecule has 2 atom stereocenters. The lowest BCUT2D eigenvalue weighted by Gasteiger charge is -2.11. The quantitative estimate of drug-likeness (QED) is 0.635. The van der Waals surface area contributed by atoms with Crippen molar-refractivity contribution in [2.24, 2.45) is 0 Å². The van der Waals surface area contributed by atoms with E-state index in [1.165, 1.54) is 0 Å². The van der Waals surface area contributed by atoms with Crippen LogP contribution in [0.2, 0.25) is 0 Å². The van der Waals surface area contributed by atoms with Gasteiger partial charge in [0.1, 0.15) is 0 Å². The SMILES string of the molecule is O=C(NCc1cn(-c2ccccc2)nc1-c1ccncc1)[C@@H]1C[C@H](O)CN1. The highest BCUT2D eigenvalue weighted by molar-refractivity contribution is 5.82. The molecule has 1 saturated heterocycles. The van der Waals surface area contributed by atoms with Gasteiger partial charge in [-0.05, 0) is 30.7 Å². The standard InChI is InChI=1S/C20H21N5O2/c26-17-10-18(22-12-17)20(27)23-11-15-13-25(16-4-2-1-3-5-16)24-19(15)14-6-8-21-9-7-14/h1-9,13,17-18,22,26H,10-12H2,(H,23,27)/t17-,18-/m0/s1. The molecular formula is C20H21N5O2.